The predicted octanol–water partition coefficient (Wildman–Crippen LogP) is 4.15. The molecule has 0 aliphatic rings. The molecule has 24 heavy (non-hydrogen) atoms. The molecular weight excluding hydrogens is 322 g/mol. The number of esters is 1. The van der Waals surface area contributed by atoms with E-state index in [1.165, 1.54) is 0 Å². The highest BCUT2D eigenvalue weighted by molar-refractivity contribution is 7.91. The summed E-state index contributed by atoms with van der Waals surface area (Å²) in [7, 11) is 0. The predicted molar refractivity (Wildman–Crippen MR) is 101 cm³/mol. The molecule has 0 heterocycles. The Kier molecular flexibility index (Phi) is 7.05. The quantitative estimate of drug-likeness (QED) is 0.455. The minimum absolute atomic E-state index is 0.217. The van der Waals surface area contributed by atoms with E-state index in [0.717, 1.165) is 16.7 Å². The van der Waals surface area contributed by atoms with Crippen molar-refractivity contribution in [3.8, 4) is 0 Å². The van der Waals surface area contributed by atoms with Crippen LogP contribution in [0.25, 0.3) is 0 Å². The van der Waals surface area contributed by atoms with Crippen LogP contribution in [0.4, 0.5) is 0 Å². The molecule has 0 fully saturated rings. The van der Waals surface area contributed by atoms with Crippen molar-refractivity contribution in [1.82, 2.24) is 0 Å². The fourth-order valence-corrected chi connectivity index (χ4v) is 2.55. The van der Waals surface area contributed by atoms with Gasteiger partial charge in [-0.15, -0.1) is 0 Å². The first-order valence-electron chi connectivity index (χ1n) is 8.16. The highest BCUT2D eigenvalue weighted by Gasteiger charge is 2.26. The van der Waals surface area contributed by atoms with Crippen LogP contribution in [-0.2, 0) is 27.3 Å². The average molecular weight is 352 g/mol. The largest absolute Gasteiger partial charge is 0.591 e. The van der Waals surface area contributed by atoms with Gasteiger partial charge >= 0.3 is 5.97 Å². The topological polar surface area (TPSA) is 61.7 Å². The summed E-state index contributed by atoms with van der Waals surface area (Å²) in [6, 6.07) is 5.91. The van der Waals surface area contributed by atoms with Crippen molar-refractivity contribution >= 4 is 23.5 Å². The first-order chi connectivity index (χ1) is 10.9. The Bertz CT molecular complexity index is 598. The molecule has 1 aromatic carbocycles. The number of aryl methyl sites for hydroxylation is 2. The zero-order valence-corrected chi connectivity index (χ0v) is 16.6. The highest BCUT2D eigenvalue weighted by atomic mass is 32.2. The third-order valence-corrected chi connectivity index (χ3v) is 4.58. The summed E-state index contributed by atoms with van der Waals surface area (Å²) in [6.07, 6.45) is 2.55. The summed E-state index contributed by atoms with van der Waals surface area (Å²) >= 11 is -1.30. The zero-order valence-electron chi connectivity index (χ0n) is 15.8. The second-order valence-corrected chi connectivity index (χ2v) is 9.76. The van der Waals surface area contributed by atoms with Crippen LogP contribution in [0.5, 0.6) is 0 Å². The Labute approximate surface area is 149 Å². The summed E-state index contributed by atoms with van der Waals surface area (Å²) in [5.41, 5.74) is 2.51. The van der Waals surface area contributed by atoms with Crippen molar-refractivity contribution in [1.29, 1.82) is 0 Å². The molecule has 0 aromatic heterocycles. The number of rotatable bonds is 5. The molecule has 0 saturated heterocycles. The van der Waals surface area contributed by atoms with Crippen molar-refractivity contribution in [3.05, 3.63) is 34.9 Å². The Balaban J connectivity index is 2.88. The number of hydrogen-bond acceptors (Lipinski definition) is 4. The monoisotopic (exact) mass is 351 g/mol. The minimum atomic E-state index is -1.30. The molecule has 0 spiro atoms. The lowest BCUT2D eigenvalue weighted by Crippen LogP contribution is -2.26. The molecule has 0 amide bonds. The molecule has 5 heteroatoms. The molecule has 1 rings (SSSR count). The van der Waals surface area contributed by atoms with Gasteiger partial charge < -0.3 is 9.29 Å². The van der Waals surface area contributed by atoms with Gasteiger partial charge in [0.25, 0.3) is 0 Å². The normalized spacial score (nSPS) is 14.0. The molecule has 0 saturated carbocycles. The van der Waals surface area contributed by atoms with E-state index >= 15 is 0 Å². The summed E-state index contributed by atoms with van der Waals surface area (Å²) in [4.78, 5) is 11.9. The average Bonchev–Trinajstić information content (AvgIpc) is 2.40. The fourth-order valence-electron chi connectivity index (χ4n) is 2.03. The Morgan fingerprint density at radius 2 is 1.88 bits per heavy atom. The molecule has 4 nitrogen and oxygen atoms in total. The molecule has 0 unspecified atom stereocenters. The molecule has 134 valence electrons. The Morgan fingerprint density at radius 1 is 1.25 bits per heavy atom. The highest BCUT2D eigenvalue weighted by Crippen LogP contribution is 2.19. The van der Waals surface area contributed by atoms with Crippen LogP contribution in [-0.4, -0.2) is 27.1 Å². The summed E-state index contributed by atoms with van der Waals surface area (Å²) in [5.74, 6) is -0.217. The van der Waals surface area contributed by atoms with Gasteiger partial charge in [-0.2, -0.15) is 0 Å². The van der Waals surface area contributed by atoms with Gasteiger partial charge in [0.2, 0.25) is 0 Å². The smallest absolute Gasteiger partial charge is 0.306 e. The number of nitrogens with zero attached hydrogens (tertiary/aromatic N) is 1. The summed E-state index contributed by atoms with van der Waals surface area (Å²) in [6.45, 7) is 13.2. The van der Waals surface area contributed by atoms with Gasteiger partial charge in [-0.05, 0) is 66.0 Å². The first-order valence-corrected chi connectivity index (χ1v) is 9.27. The maximum Gasteiger partial charge on any atom is 0.306 e. The second kappa shape index (κ2) is 8.17. The van der Waals surface area contributed by atoms with E-state index in [9.17, 15) is 9.35 Å². The number of benzene rings is 1. The lowest BCUT2D eigenvalue weighted by atomic mass is 9.99. The number of carbonyl (C=O) groups excluding carboxylic acids is 1. The number of hydrogen-bond donors (Lipinski definition) is 0. The number of ether oxygens (including phenoxy) is 1. The molecule has 1 atom stereocenters. The van der Waals surface area contributed by atoms with Crippen LogP contribution in [0.1, 0.15) is 64.7 Å². The standard InChI is InChI=1S/C19H29NO3S/c1-14-9-8-10-15(11-12-17(21)23-18(2,3)4)16(14)13-20-24(22)19(5,6)7/h8-10,13H,11-12H2,1-7H3/t24-/m0/s1. The molecule has 0 bridgehead atoms. The van der Waals surface area contributed by atoms with E-state index in [1.807, 2.05) is 66.7 Å². The minimum Gasteiger partial charge on any atom is -0.591 e. The van der Waals surface area contributed by atoms with Crippen molar-refractivity contribution < 1.29 is 14.1 Å². The maximum atomic E-state index is 12.1. The third kappa shape index (κ3) is 7.05. The van der Waals surface area contributed by atoms with E-state index < -0.39 is 21.7 Å². The summed E-state index contributed by atoms with van der Waals surface area (Å²) in [5, 5.41) is 0. The molecule has 0 aliphatic carbocycles. The van der Waals surface area contributed by atoms with Gasteiger partial charge in [0.15, 0.2) is 0 Å². The fraction of sp³-hybridized carbons (Fsp3) is 0.579. The number of carbonyl (C=O) groups is 1. The Morgan fingerprint density at radius 3 is 2.42 bits per heavy atom. The summed E-state index contributed by atoms with van der Waals surface area (Å²) < 4.78 is 21.3. The molecule has 0 N–H and O–H groups in total. The lowest BCUT2D eigenvalue weighted by molar-refractivity contribution is -0.154. The molecule has 1 aromatic rings. The second-order valence-electron chi connectivity index (χ2n) is 7.83. The van der Waals surface area contributed by atoms with Crippen molar-refractivity contribution in [3.63, 3.8) is 0 Å². The molecule has 0 aliphatic heterocycles. The first kappa shape index (κ1) is 20.7. The van der Waals surface area contributed by atoms with Crippen molar-refractivity contribution in [2.45, 2.75) is 71.7 Å². The van der Waals surface area contributed by atoms with E-state index in [4.69, 9.17) is 4.74 Å². The van der Waals surface area contributed by atoms with Gasteiger partial charge in [-0.25, -0.2) is 0 Å². The van der Waals surface area contributed by atoms with Crippen LogP contribution in [0, 0.1) is 6.92 Å². The van der Waals surface area contributed by atoms with Crippen molar-refractivity contribution in [2.75, 3.05) is 0 Å². The van der Waals surface area contributed by atoms with Crippen LogP contribution >= 0.6 is 0 Å². The van der Waals surface area contributed by atoms with Crippen molar-refractivity contribution in [2.24, 2.45) is 4.40 Å². The van der Waals surface area contributed by atoms with Gasteiger partial charge in [0.1, 0.15) is 21.7 Å². The Hall–Kier alpha value is -1.33. The van der Waals surface area contributed by atoms with E-state index in [2.05, 4.69) is 4.40 Å². The van der Waals surface area contributed by atoms with Crippen LogP contribution in [0.15, 0.2) is 22.6 Å². The van der Waals surface area contributed by atoms with E-state index in [1.54, 1.807) is 6.21 Å². The zero-order chi connectivity index (χ0) is 18.5. The van der Waals surface area contributed by atoms with Gasteiger partial charge in [0, 0.05) is 12.0 Å². The van der Waals surface area contributed by atoms with E-state index in [0.29, 0.717) is 12.8 Å². The van der Waals surface area contributed by atoms with Crippen LogP contribution in [0.3, 0.4) is 0 Å². The lowest BCUT2D eigenvalue weighted by Gasteiger charge is -2.20. The van der Waals surface area contributed by atoms with Crippen LogP contribution < -0.4 is 0 Å². The van der Waals surface area contributed by atoms with Gasteiger partial charge in [-0.1, -0.05) is 22.6 Å². The third-order valence-electron chi connectivity index (χ3n) is 3.23. The van der Waals surface area contributed by atoms with Gasteiger partial charge in [-0.3, -0.25) is 4.79 Å². The molecule has 0 radical (unpaired) electrons. The van der Waals surface area contributed by atoms with Gasteiger partial charge in [0.05, 0.1) is 6.21 Å². The van der Waals surface area contributed by atoms with E-state index in [-0.39, 0.29) is 5.97 Å². The maximum absolute atomic E-state index is 12.1. The SMILES string of the molecule is Cc1cccc(CCC(=O)OC(C)(C)C)c1C=N[S@@+]([O-])C(C)(C)C. The van der Waals surface area contributed by atoms with Crippen LogP contribution in [0.2, 0.25) is 0 Å². The molecular formula is C19H29NO3S.